The standard InChI is InChI=1S/C12H7I2NO2/c13-11-4-2-1-3-9(11)10-6-5-8(15(16)17)7-12(10)14/h1-7H. The lowest BCUT2D eigenvalue weighted by Crippen LogP contribution is -1.91. The van der Waals surface area contributed by atoms with Crippen LogP contribution in [0.1, 0.15) is 0 Å². The van der Waals surface area contributed by atoms with Gasteiger partial charge in [-0.15, -0.1) is 0 Å². The van der Waals surface area contributed by atoms with E-state index in [4.69, 9.17) is 0 Å². The van der Waals surface area contributed by atoms with E-state index in [-0.39, 0.29) is 10.6 Å². The molecule has 0 spiro atoms. The Labute approximate surface area is 126 Å². The van der Waals surface area contributed by atoms with Crippen LogP contribution in [0.15, 0.2) is 42.5 Å². The Balaban J connectivity index is 2.55. The minimum Gasteiger partial charge on any atom is -0.258 e. The second kappa shape index (κ2) is 5.30. The average molecular weight is 451 g/mol. The van der Waals surface area contributed by atoms with E-state index in [0.29, 0.717) is 0 Å². The first-order chi connectivity index (χ1) is 8.09. The van der Waals surface area contributed by atoms with Crippen LogP contribution in [0.25, 0.3) is 11.1 Å². The van der Waals surface area contributed by atoms with E-state index < -0.39 is 0 Å². The van der Waals surface area contributed by atoms with E-state index in [9.17, 15) is 10.1 Å². The smallest absolute Gasteiger partial charge is 0.258 e. The molecule has 0 aliphatic heterocycles. The van der Waals surface area contributed by atoms with E-state index in [1.807, 2.05) is 24.3 Å². The third-order valence-corrected chi connectivity index (χ3v) is 4.16. The number of nitrogens with zero attached hydrogens (tertiary/aromatic N) is 1. The third-order valence-electron chi connectivity index (χ3n) is 2.33. The summed E-state index contributed by atoms with van der Waals surface area (Å²) in [6.07, 6.45) is 0. The van der Waals surface area contributed by atoms with Gasteiger partial charge in [0, 0.05) is 19.3 Å². The number of benzene rings is 2. The van der Waals surface area contributed by atoms with Crippen molar-refractivity contribution in [3.05, 3.63) is 59.7 Å². The highest BCUT2D eigenvalue weighted by molar-refractivity contribution is 14.1. The van der Waals surface area contributed by atoms with Crippen LogP contribution in [0.5, 0.6) is 0 Å². The van der Waals surface area contributed by atoms with Crippen molar-refractivity contribution in [1.29, 1.82) is 0 Å². The normalized spacial score (nSPS) is 10.2. The third kappa shape index (κ3) is 2.76. The molecule has 2 aromatic rings. The van der Waals surface area contributed by atoms with Gasteiger partial charge in [0.25, 0.3) is 5.69 Å². The zero-order chi connectivity index (χ0) is 12.4. The first kappa shape index (κ1) is 12.7. The highest BCUT2D eigenvalue weighted by Crippen LogP contribution is 2.31. The summed E-state index contributed by atoms with van der Waals surface area (Å²) in [6.45, 7) is 0. The van der Waals surface area contributed by atoms with Gasteiger partial charge in [0.2, 0.25) is 0 Å². The number of nitro benzene ring substituents is 1. The van der Waals surface area contributed by atoms with Gasteiger partial charge in [-0.3, -0.25) is 10.1 Å². The average Bonchev–Trinajstić information content (AvgIpc) is 2.30. The fourth-order valence-electron chi connectivity index (χ4n) is 1.52. The summed E-state index contributed by atoms with van der Waals surface area (Å²) < 4.78 is 2.03. The quantitative estimate of drug-likeness (QED) is 0.385. The van der Waals surface area contributed by atoms with Crippen molar-refractivity contribution in [3.8, 4) is 11.1 Å². The number of nitro groups is 1. The summed E-state index contributed by atoms with van der Waals surface area (Å²) >= 11 is 4.40. The monoisotopic (exact) mass is 451 g/mol. The molecule has 0 unspecified atom stereocenters. The Hall–Kier alpha value is -0.700. The van der Waals surface area contributed by atoms with Crippen LogP contribution in [0.3, 0.4) is 0 Å². The predicted molar refractivity (Wildman–Crippen MR) is 84.0 cm³/mol. The summed E-state index contributed by atoms with van der Waals surface area (Å²) in [7, 11) is 0. The molecule has 0 amide bonds. The molecule has 17 heavy (non-hydrogen) atoms. The van der Waals surface area contributed by atoms with Crippen molar-refractivity contribution in [2.45, 2.75) is 0 Å². The molecule has 0 aliphatic carbocycles. The summed E-state index contributed by atoms with van der Waals surface area (Å²) in [5, 5.41) is 10.7. The van der Waals surface area contributed by atoms with Gasteiger partial charge in [-0.2, -0.15) is 0 Å². The maximum Gasteiger partial charge on any atom is 0.270 e. The van der Waals surface area contributed by atoms with Crippen LogP contribution in [0, 0.1) is 17.3 Å². The minimum absolute atomic E-state index is 0.129. The zero-order valence-electron chi connectivity index (χ0n) is 8.56. The van der Waals surface area contributed by atoms with Crippen molar-refractivity contribution in [1.82, 2.24) is 0 Å². The van der Waals surface area contributed by atoms with Gasteiger partial charge < -0.3 is 0 Å². The van der Waals surface area contributed by atoms with Gasteiger partial charge >= 0.3 is 0 Å². The van der Waals surface area contributed by atoms with Gasteiger partial charge in [0.05, 0.1) is 4.92 Å². The molecule has 0 heterocycles. The second-order valence-corrected chi connectivity index (χ2v) is 5.73. The van der Waals surface area contributed by atoms with Crippen molar-refractivity contribution in [3.63, 3.8) is 0 Å². The van der Waals surface area contributed by atoms with Gasteiger partial charge in [-0.1, -0.05) is 18.2 Å². The molecule has 0 aromatic heterocycles. The van der Waals surface area contributed by atoms with Crippen LogP contribution in [-0.2, 0) is 0 Å². The molecule has 0 saturated carbocycles. The molecular weight excluding hydrogens is 444 g/mol. The zero-order valence-corrected chi connectivity index (χ0v) is 12.9. The first-order valence-electron chi connectivity index (χ1n) is 4.78. The molecule has 0 atom stereocenters. The molecule has 86 valence electrons. The molecule has 2 aromatic carbocycles. The lowest BCUT2D eigenvalue weighted by molar-refractivity contribution is -0.384. The van der Waals surface area contributed by atoms with Crippen LogP contribution < -0.4 is 0 Å². The van der Waals surface area contributed by atoms with Crippen molar-refractivity contribution >= 4 is 50.9 Å². The van der Waals surface area contributed by atoms with Crippen LogP contribution in [-0.4, -0.2) is 4.92 Å². The van der Waals surface area contributed by atoms with Crippen LogP contribution in [0.4, 0.5) is 5.69 Å². The van der Waals surface area contributed by atoms with E-state index in [2.05, 4.69) is 45.2 Å². The van der Waals surface area contributed by atoms with E-state index in [0.717, 1.165) is 18.3 Å². The lowest BCUT2D eigenvalue weighted by atomic mass is 10.1. The van der Waals surface area contributed by atoms with E-state index in [1.165, 1.54) is 0 Å². The molecule has 0 bridgehead atoms. The largest absolute Gasteiger partial charge is 0.270 e. The molecule has 0 fully saturated rings. The number of non-ortho nitro benzene ring substituents is 1. The molecule has 0 aliphatic rings. The molecule has 3 nitrogen and oxygen atoms in total. The van der Waals surface area contributed by atoms with E-state index in [1.54, 1.807) is 18.2 Å². The van der Waals surface area contributed by atoms with Gasteiger partial charge in [0.15, 0.2) is 0 Å². The first-order valence-corrected chi connectivity index (χ1v) is 6.94. The number of hydrogen-bond acceptors (Lipinski definition) is 2. The van der Waals surface area contributed by atoms with Crippen molar-refractivity contribution in [2.24, 2.45) is 0 Å². The summed E-state index contributed by atoms with van der Waals surface area (Å²) in [5.74, 6) is 0. The maximum absolute atomic E-state index is 10.7. The topological polar surface area (TPSA) is 43.1 Å². The fourth-order valence-corrected chi connectivity index (χ4v) is 2.98. The van der Waals surface area contributed by atoms with Crippen molar-refractivity contribution < 1.29 is 4.92 Å². The Bertz CT molecular complexity index is 584. The summed E-state index contributed by atoms with van der Waals surface area (Å²) in [4.78, 5) is 10.3. The van der Waals surface area contributed by atoms with Gasteiger partial charge in [0.1, 0.15) is 0 Å². The highest BCUT2D eigenvalue weighted by atomic mass is 127. The highest BCUT2D eigenvalue weighted by Gasteiger charge is 2.11. The summed E-state index contributed by atoms with van der Waals surface area (Å²) in [5.41, 5.74) is 2.26. The molecule has 0 N–H and O–H groups in total. The predicted octanol–water partition coefficient (Wildman–Crippen LogP) is 4.47. The number of rotatable bonds is 2. The van der Waals surface area contributed by atoms with Crippen molar-refractivity contribution in [2.75, 3.05) is 0 Å². The van der Waals surface area contributed by atoms with Gasteiger partial charge in [-0.05, 0) is 68.4 Å². The second-order valence-electron chi connectivity index (χ2n) is 3.40. The minimum atomic E-state index is -0.373. The Morgan fingerprint density at radius 3 is 2.18 bits per heavy atom. The van der Waals surface area contributed by atoms with E-state index >= 15 is 0 Å². The SMILES string of the molecule is O=[N+]([O-])c1ccc(-c2ccccc2I)c(I)c1. The molecule has 0 radical (unpaired) electrons. The lowest BCUT2D eigenvalue weighted by Gasteiger charge is -2.06. The van der Waals surface area contributed by atoms with Crippen LogP contribution in [0.2, 0.25) is 0 Å². The molecule has 5 heteroatoms. The Morgan fingerprint density at radius 2 is 1.59 bits per heavy atom. The van der Waals surface area contributed by atoms with Crippen LogP contribution >= 0.6 is 45.2 Å². The molecular formula is C12H7I2NO2. The van der Waals surface area contributed by atoms with Gasteiger partial charge in [-0.25, -0.2) is 0 Å². The molecule has 0 saturated heterocycles. The summed E-state index contributed by atoms with van der Waals surface area (Å²) in [6, 6.07) is 12.9. The maximum atomic E-state index is 10.7. The number of halogens is 2. The fraction of sp³-hybridized carbons (Fsp3) is 0. The number of hydrogen-bond donors (Lipinski definition) is 0. The Kier molecular flexibility index (Phi) is 3.97. The Morgan fingerprint density at radius 1 is 0.941 bits per heavy atom. The molecule has 2 rings (SSSR count).